The molecule has 2 heterocycles. The van der Waals surface area contributed by atoms with Crippen LogP contribution in [0, 0.1) is 5.41 Å². The van der Waals surface area contributed by atoms with Gasteiger partial charge < -0.3 is 15.4 Å². The first kappa shape index (κ1) is 13.4. The first-order valence-corrected chi connectivity index (χ1v) is 7.39. The molecule has 1 aliphatic heterocycles. The summed E-state index contributed by atoms with van der Waals surface area (Å²) in [5, 5.41) is 7.84. The highest BCUT2D eigenvalue weighted by Gasteiger charge is 2.23. The van der Waals surface area contributed by atoms with Gasteiger partial charge in [-0.3, -0.25) is 5.41 Å². The van der Waals surface area contributed by atoms with Gasteiger partial charge in [-0.1, -0.05) is 0 Å². The lowest BCUT2D eigenvalue weighted by molar-refractivity contribution is 0.0820. The molecule has 1 unspecified atom stereocenters. The van der Waals surface area contributed by atoms with E-state index in [2.05, 4.69) is 17.9 Å². The Labute approximate surface area is 119 Å². The maximum Gasteiger partial charge on any atom is 0.139 e. The minimum Gasteiger partial charge on any atom is -0.384 e. The van der Waals surface area contributed by atoms with Crippen molar-refractivity contribution in [1.29, 1.82) is 5.41 Å². The van der Waals surface area contributed by atoms with Gasteiger partial charge in [0.1, 0.15) is 11.7 Å². The van der Waals surface area contributed by atoms with Crippen LogP contribution in [0.15, 0.2) is 6.07 Å². The number of fused-ring (bicyclic) bond motifs is 1. The lowest BCUT2D eigenvalue weighted by atomic mass is 10.1. The number of amidine groups is 1. The van der Waals surface area contributed by atoms with E-state index in [-0.39, 0.29) is 11.9 Å². The van der Waals surface area contributed by atoms with Crippen molar-refractivity contribution in [3.8, 4) is 0 Å². The molecule has 1 aromatic rings. The molecule has 1 saturated heterocycles. The van der Waals surface area contributed by atoms with Crippen LogP contribution < -0.4 is 10.6 Å². The van der Waals surface area contributed by atoms with Gasteiger partial charge in [0.2, 0.25) is 0 Å². The molecule has 0 spiro atoms. The van der Waals surface area contributed by atoms with Crippen molar-refractivity contribution in [1.82, 2.24) is 4.98 Å². The fraction of sp³-hybridized carbons (Fsp3) is 0.600. The molecule has 1 fully saturated rings. The lowest BCUT2D eigenvalue weighted by Gasteiger charge is -2.26. The Morgan fingerprint density at radius 2 is 2.30 bits per heavy atom. The van der Waals surface area contributed by atoms with E-state index in [1.165, 1.54) is 11.3 Å². The van der Waals surface area contributed by atoms with E-state index in [1.807, 2.05) is 0 Å². The van der Waals surface area contributed by atoms with Crippen LogP contribution in [0.3, 0.4) is 0 Å². The largest absolute Gasteiger partial charge is 0.384 e. The van der Waals surface area contributed by atoms with E-state index in [9.17, 15) is 0 Å². The second-order valence-electron chi connectivity index (χ2n) is 5.71. The zero-order valence-corrected chi connectivity index (χ0v) is 12.0. The highest BCUT2D eigenvalue weighted by atomic mass is 16.5. The number of aryl methyl sites for hydroxylation is 2. The molecule has 108 valence electrons. The van der Waals surface area contributed by atoms with Gasteiger partial charge in [-0.25, -0.2) is 4.98 Å². The minimum atomic E-state index is 0.111. The Hall–Kier alpha value is -1.62. The maximum atomic E-state index is 7.84. The maximum absolute atomic E-state index is 7.84. The molecule has 20 heavy (non-hydrogen) atoms. The van der Waals surface area contributed by atoms with Gasteiger partial charge in [0.25, 0.3) is 0 Å². The Balaban J connectivity index is 2.00. The van der Waals surface area contributed by atoms with Crippen molar-refractivity contribution < 1.29 is 4.74 Å². The average molecular weight is 274 g/mol. The molecule has 3 rings (SSSR count). The van der Waals surface area contributed by atoms with Crippen LogP contribution >= 0.6 is 0 Å². The summed E-state index contributed by atoms with van der Waals surface area (Å²) in [6.45, 7) is 4.60. The van der Waals surface area contributed by atoms with Crippen molar-refractivity contribution in [2.75, 3.05) is 24.6 Å². The lowest BCUT2D eigenvalue weighted by Crippen LogP contribution is -2.33. The second-order valence-corrected chi connectivity index (χ2v) is 5.71. The standard InChI is InChI=1S/C15H22N4O/c1-10-9-19(6-3-7-20-10)15-12(14(16)17)8-11-4-2-5-13(11)18-15/h8,10H,2-7,9H2,1H3,(H3,16,17). The number of rotatable bonds is 2. The molecule has 5 nitrogen and oxygen atoms in total. The van der Waals surface area contributed by atoms with Crippen LogP contribution in [-0.4, -0.2) is 36.6 Å². The van der Waals surface area contributed by atoms with Crippen molar-refractivity contribution in [2.24, 2.45) is 5.73 Å². The fourth-order valence-electron chi connectivity index (χ4n) is 3.09. The number of hydrogen-bond acceptors (Lipinski definition) is 4. The van der Waals surface area contributed by atoms with E-state index in [4.69, 9.17) is 20.9 Å². The van der Waals surface area contributed by atoms with Gasteiger partial charge in [-0.05, 0) is 44.2 Å². The first-order valence-electron chi connectivity index (χ1n) is 7.39. The molecule has 0 bridgehead atoms. The Morgan fingerprint density at radius 1 is 1.45 bits per heavy atom. The zero-order valence-electron chi connectivity index (χ0n) is 12.0. The van der Waals surface area contributed by atoms with E-state index >= 15 is 0 Å². The Morgan fingerprint density at radius 3 is 3.10 bits per heavy atom. The van der Waals surface area contributed by atoms with Gasteiger partial charge in [-0.2, -0.15) is 0 Å². The van der Waals surface area contributed by atoms with E-state index in [0.29, 0.717) is 0 Å². The number of nitrogens with zero attached hydrogens (tertiary/aromatic N) is 2. The molecule has 5 heteroatoms. The molecule has 0 saturated carbocycles. The monoisotopic (exact) mass is 274 g/mol. The molecule has 1 atom stereocenters. The van der Waals surface area contributed by atoms with Crippen LogP contribution in [-0.2, 0) is 17.6 Å². The number of pyridine rings is 1. The molecular weight excluding hydrogens is 252 g/mol. The summed E-state index contributed by atoms with van der Waals surface area (Å²) >= 11 is 0. The number of anilines is 1. The second kappa shape index (κ2) is 5.40. The third-order valence-corrected chi connectivity index (χ3v) is 4.07. The summed E-state index contributed by atoms with van der Waals surface area (Å²) in [6, 6.07) is 2.07. The van der Waals surface area contributed by atoms with Crippen molar-refractivity contribution in [3.63, 3.8) is 0 Å². The summed E-state index contributed by atoms with van der Waals surface area (Å²) in [5.41, 5.74) is 9.00. The van der Waals surface area contributed by atoms with E-state index in [1.54, 1.807) is 0 Å². The quantitative estimate of drug-likeness (QED) is 0.632. The summed E-state index contributed by atoms with van der Waals surface area (Å²) in [6.07, 6.45) is 4.43. The summed E-state index contributed by atoms with van der Waals surface area (Å²) in [5.74, 6) is 0.982. The summed E-state index contributed by atoms with van der Waals surface area (Å²) < 4.78 is 5.69. The number of aromatic nitrogens is 1. The first-order chi connectivity index (χ1) is 9.65. The molecule has 2 aliphatic rings. The van der Waals surface area contributed by atoms with E-state index < -0.39 is 0 Å². The predicted octanol–water partition coefficient (Wildman–Crippen LogP) is 1.47. The molecule has 0 aromatic carbocycles. The molecule has 3 N–H and O–H groups in total. The number of nitrogen functional groups attached to an aromatic ring is 1. The average Bonchev–Trinajstić information content (AvgIpc) is 2.77. The van der Waals surface area contributed by atoms with Gasteiger partial charge in [0, 0.05) is 25.4 Å². The Kier molecular flexibility index (Phi) is 3.61. The van der Waals surface area contributed by atoms with E-state index in [0.717, 1.165) is 56.8 Å². The summed E-state index contributed by atoms with van der Waals surface area (Å²) in [4.78, 5) is 7.05. The number of nitrogens with one attached hydrogen (secondary N) is 1. The molecule has 0 amide bonds. The van der Waals surface area contributed by atoms with Crippen LogP contribution in [0.25, 0.3) is 0 Å². The number of hydrogen-bond donors (Lipinski definition) is 2. The van der Waals surface area contributed by atoms with Gasteiger partial charge in [-0.15, -0.1) is 0 Å². The molecule has 1 aromatic heterocycles. The third kappa shape index (κ3) is 2.50. The normalized spacial score (nSPS) is 22.4. The smallest absolute Gasteiger partial charge is 0.139 e. The van der Waals surface area contributed by atoms with Crippen molar-refractivity contribution in [2.45, 2.75) is 38.7 Å². The third-order valence-electron chi connectivity index (χ3n) is 4.07. The number of ether oxygens (including phenoxy) is 1. The summed E-state index contributed by atoms with van der Waals surface area (Å²) in [7, 11) is 0. The molecular formula is C15H22N4O. The van der Waals surface area contributed by atoms with Gasteiger partial charge in [0.15, 0.2) is 0 Å². The van der Waals surface area contributed by atoms with Crippen LogP contribution in [0.2, 0.25) is 0 Å². The fourth-order valence-corrected chi connectivity index (χ4v) is 3.09. The highest BCUT2D eigenvalue weighted by Crippen LogP contribution is 2.28. The SMILES string of the molecule is CC1CN(c2nc3c(cc2C(=N)N)CCC3)CCCO1. The highest BCUT2D eigenvalue weighted by molar-refractivity contribution is 6.00. The van der Waals surface area contributed by atoms with Gasteiger partial charge >= 0.3 is 0 Å². The van der Waals surface area contributed by atoms with Crippen molar-refractivity contribution >= 4 is 11.7 Å². The molecule has 1 aliphatic carbocycles. The van der Waals surface area contributed by atoms with Crippen LogP contribution in [0.5, 0.6) is 0 Å². The van der Waals surface area contributed by atoms with Gasteiger partial charge in [0.05, 0.1) is 11.7 Å². The molecule has 0 radical (unpaired) electrons. The topological polar surface area (TPSA) is 75.2 Å². The number of nitrogens with two attached hydrogens (primary N) is 1. The predicted molar refractivity (Wildman–Crippen MR) is 79.5 cm³/mol. The minimum absolute atomic E-state index is 0.111. The van der Waals surface area contributed by atoms with Crippen LogP contribution in [0.1, 0.15) is 36.6 Å². The van der Waals surface area contributed by atoms with Crippen molar-refractivity contribution in [3.05, 3.63) is 22.9 Å². The Bertz CT molecular complexity index is 529. The zero-order chi connectivity index (χ0) is 14.1. The van der Waals surface area contributed by atoms with Crippen LogP contribution in [0.4, 0.5) is 5.82 Å².